The Balaban J connectivity index is 1.79. The number of thiazole rings is 1. The first-order chi connectivity index (χ1) is 9.69. The van der Waals surface area contributed by atoms with Crippen LogP contribution in [0.3, 0.4) is 0 Å². The Morgan fingerprint density at radius 3 is 2.85 bits per heavy atom. The zero-order valence-electron chi connectivity index (χ0n) is 11.7. The van der Waals surface area contributed by atoms with Crippen molar-refractivity contribution in [1.29, 1.82) is 0 Å². The van der Waals surface area contributed by atoms with Gasteiger partial charge in [0, 0.05) is 25.6 Å². The topological polar surface area (TPSA) is 62.7 Å². The summed E-state index contributed by atoms with van der Waals surface area (Å²) >= 11 is 1.31. The number of carbonyl (C=O) groups is 1. The second-order valence-electron chi connectivity index (χ2n) is 5.46. The third kappa shape index (κ3) is 2.81. The molecule has 3 rings (SSSR count). The van der Waals surface area contributed by atoms with Crippen LogP contribution >= 0.6 is 11.3 Å². The molecule has 2 heterocycles. The molecule has 0 amide bonds. The van der Waals surface area contributed by atoms with Crippen molar-refractivity contribution in [3.63, 3.8) is 0 Å². The zero-order valence-corrected chi connectivity index (χ0v) is 12.5. The normalized spacial score (nSPS) is 22.1. The summed E-state index contributed by atoms with van der Waals surface area (Å²) < 4.78 is 5.67. The average molecular weight is 296 g/mol. The minimum Gasteiger partial charge on any atom is -0.477 e. The lowest BCUT2D eigenvalue weighted by molar-refractivity contribution is 0.0700. The van der Waals surface area contributed by atoms with Gasteiger partial charge in [-0.2, -0.15) is 0 Å². The number of rotatable bonds is 6. The molecule has 5 nitrogen and oxygen atoms in total. The molecule has 0 bridgehead atoms. The molecule has 1 aromatic rings. The SMILES string of the molecule is CCN(CC1CCCO1)c1nc(C2CC2)c(C(=O)O)s1. The molecule has 1 N–H and O–H groups in total. The standard InChI is InChI=1S/C14H20N2O3S/c1-2-16(8-10-4-3-7-19-10)14-15-11(9-5-6-9)12(20-14)13(17)18/h9-10H,2-8H2,1H3,(H,17,18). The quantitative estimate of drug-likeness (QED) is 0.874. The zero-order chi connectivity index (χ0) is 14.1. The maximum atomic E-state index is 11.3. The molecular formula is C14H20N2O3S. The van der Waals surface area contributed by atoms with E-state index in [0.717, 1.165) is 56.2 Å². The Kier molecular flexibility index (Phi) is 3.94. The van der Waals surface area contributed by atoms with Crippen LogP contribution in [-0.4, -0.2) is 41.9 Å². The molecule has 6 heteroatoms. The van der Waals surface area contributed by atoms with Crippen LogP contribution in [0.5, 0.6) is 0 Å². The number of likely N-dealkylation sites (N-methyl/N-ethyl adjacent to an activating group) is 1. The fraction of sp³-hybridized carbons (Fsp3) is 0.714. The fourth-order valence-corrected chi connectivity index (χ4v) is 3.68. The van der Waals surface area contributed by atoms with Crippen molar-refractivity contribution in [2.75, 3.05) is 24.6 Å². The number of aromatic nitrogens is 1. The molecule has 0 aromatic carbocycles. The Morgan fingerprint density at radius 2 is 2.30 bits per heavy atom. The lowest BCUT2D eigenvalue weighted by Gasteiger charge is -2.23. The van der Waals surface area contributed by atoms with Crippen LogP contribution in [0.2, 0.25) is 0 Å². The molecule has 1 saturated heterocycles. The van der Waals surface area contributed by atoms with E-state index < -0.39 is 5.97 Å². The predicted molar refractivity (Wildman–Crippen MR) is 77.9 cm³/mol. The Labute approximate surface area is 122 Å². The highest BCUT2D eigenvalue weighted by Gasteiger charge is 2.33. The van der Waals surface area contributed by atoms with Gasteiger partial charge in [0.05, 0.1) is 11.8 Å². The highest BCUT2D eigenvalue weighted by Crippen LogP contribution is 2.44. The van der Waals surface area contributed by atoms with E-state index in [1.807, 2.05) is 0 Å². The fourth-order valence-electron chi connectivity index (χ4n) is 2.62. The number of hydrogen-bond acceptors (Lipinski definition) is 5. The van der Waals surface area contributed by atoms with E-state index in [0.29, 0.717) is 10.8 Å². The molecule has 2 aliphatic rings. The maximum Gasteiger partial charge on any atom is 0.347 e. The highest BCUT2D eigenvalue weighted by molar-refractivity contribution is 7.17. The molecule has 20 heavy (non-hydrogen) atoms. The van der Waals surface area contributed by atoms with Gasteiger partial charge < -0.3 is 14.7 Å². The van der Waals surface area contributed by atoms with Crippen molar-refractivity contribution in [3.8, 4) is 0 Å². The lowest BCUT2D eigenvalue weighted by Crippen LogP contribution is -2.31. The van der Waals surface area contributed by atoms with Gasteiger partial charge in [-0.25, -0.2) is 9.78 Å². The number of anilines is 1. The predicted octanol–water partition coefficient (Wildman–Crippen LogP) is 2.72. The largest absolute Gasteiger partial charge is 0.477 e. The van der Waals surface area contributed by atoms with Crippen LogP contribution in [0.15, 0.2) is 0 Å². The number of carboxylic acids is 1. The minimum absolute atomic E-state index is 0.261. The average Bonchev–Trinajstić information content (AvgIpc) is 2.98. The number of aromatic carboxylic acids is 1. The van der Waals surface area contributed by atoms with E-state index in [1.165, 1.54) is 11.3 Å². The van der Waals surface area contributed by atoms with Gasteiger partial charge in [0.2, 0.25) is 0 Å². The van der Waals surface area contributed by atoms with Gasteiger partial charge in [-0.1, -0.05) is 11.3 Å². The van der Waals surface area contributed by atoms with Crippen molar-refractivity contribution in [3.05, 3.63) is 10.6 Å². The second-order valence-corrected chi connectivity index (χ2v) is 6.44. The lowest BCUT2D eigenvalue weighted by atomic mass is 10.2. The van der Waals surface area contributed by atoms with Crippen LogP contribution in [-0.2, 0) is 4.74 Å². The molecular weight excluding hydrogens is 276 g/mol. The first kappa shape index (κ1) is 13.8. The van der Waals surface area contributed by atoms with E-state index in [9.17, 15) is 9.90 Å². The first-order valence-corrected chi connectivity index (χ1v) is 8.11. The van der Waals surface area contributed by atoms with Crippen molar-refractivity contribution in [2.45, 2.75) is 44.6 Å². The summed E-state index contributed by atoms with van der Waals surface area (Å²) in [5.74, 6) is -0.476. The van der Waals surface area contributed by atoms with Gasteiger partial charge in [-0.05, 0) is 32.6 Å². The molecule has 1 saturated carbocycles. The summed E-state index contributed by atoms with van der Waals surface area (Å²) in [4.78, 5) is 18.5. The van der Waals surface area contributed by atoms with Gasteiger partial charge in [0.15, 0.2) is 5.13 Å². The molecule has 1 atom stereocenters. The van der Waals surface area contributed by atoms with Crippen molar-refractivity contribution >= 4 is 22.4 Å². The number of hydrogen-bond donors (Lipinski definition) is 1. The minimum atomic E-state index is -0.844. The van der Waals surface area contributed by atoms with E-state index in [4.69, 9.17) is 4.74 Å². The smallest absolute Gasteiger partial charge is 0.347 e. The summed E-state index contributed by atoms with van der Waals surface area (Å²) in [6.07, 6.45) is 4.61. The summed E-state index contributed by atoms with van der Waals surface area (Å²) in [7, 11) is 0. The number of ether oxygens (including phenoxy) is 1. The summed E-state index contributed by atoms with van der Waals surface area (Å²) in [5.41, 5.74) is 0.795. The van der Waals surface area contributed by atoms with Gasteiger partial charge in [-0.15, -0.1) is 0 Å². The van der Waals surface area contributed by atoms with Gasteiger partial charge in [0.25, 0.3) is 0 Å². The number of nitrogens with zero attached hydrogens (tertiary/aromatic N) is 2. The van der Waals surface area contributed by atoms with Crippen molar-refractivity contribution < 1.29 is 14.6 Å². The Morgan fingerprint density at radius 1 is 1.50 bits per heavy atom. The summed E-state index contributed by atoms with van der Waals surface area (Å²) in [6.45, 7) is 4.56. The van der Waals surface area contributed by atoms with E-state index >= 15 is 0 Å². The summed E-state index contributed by atoms with van der Waals surface area (Å²) in [5, 5.41) is 10.2. The van der Waals surface area contributed by atoms with E-state index in [-0.39, 0.29) is 6.10 Å². The molecule has 2 fully saturated rings. The van der Waals surface area contributed by atoms with Gasteiger partial charge in [0.1, 0.15) is 4.88 Å². The Hall–Kier alpha value is -1.14. The van der Waals surface area contributed by atoms with Crippen LogP contribution in [0, 0.1) is 0 Å². The van der Waals surface area contributed by atoms with Crippen LogP contribution in [0.1, 0.15) is 53.9 Å². The molecule has 1 aromatic heterocycles. The van der Waals surface area contributed by atoms with Crippen LogP contribution in [0.4, 0.5) is 5.13 Å². The van der Waals surface area contributed by atoms with Gasteiger partial charge >= 0.3 is 5.97 Å². The third-order valence-corrected chi connectivity index (χ3v) is 5.02. The van der Waals surface area contributed by atoms with Crippen LogP contribution in [0.25, 0.3) is 0 Å². The molecule has 0 spiro atoms. The first-order valence-electron chi connectivity index (χ1n) is 7.29. The monoisotopic (exact) mass is 296 g/mol. The van der Waals surface area contributed by atoms with Crippen LogP contribution < -0.4 is 4.90 Å². The molecule has 0 radical (unpaired) electrons. The third-order valence-electron chi connectivity index (χ3n) is 3.90. The van der Waals surface area contributed by atoms with E-state index in [2.05, 4.69) is 16.8 Å². The van der Waals surface area contributed by atoms with E-state index in [1.54, 1.807) is 0 Å². The highest BCUT2D eigenvalue weighted by atomic mass is 32.1. The maximum absolute atomic E-state index is 11.3. The van der Waals surface area contributed by atoms with Crippen molar-refractivity contribution in [2.24, 2.45) is 0 Å². The molecule has 110 valence electrons. The number of carboxylic acid groups (broad SMARTS) is 1. The molecule has 1 unspecified atom stereocenters. The summed E-state index contributed by atoms with van der Waals surface area (Å²) in [6, 6.07) is 0. The molecule has 1 aliphatic carbocycles. The Bertz CT molecular complexity index is 493. The van der Waals surface area contributed by atoms with Gasteiger partial charge in [-0.3, -0.25) is 0 Å². The van der Waals surface area contributed by atoms with Crippen molar-refractivity contribution in [1.82, 2.24) is 4.98 Å². The second kappa shape index (κ2) is 5.69. The molecule has 1 aliphatic heterocycles.